The lowest BCUT2D eigenvalue weighted by molar-refractivity contribution is -0.129. The summed E-state index contributed by atoms with van der Waals surface area (Å²) in [5.41, 5.74) is 2.38. The Labute approximate surface area is 144 Å². The first kappa shape index (κ1) is 16.9. The van der Waals surface area contributed by atoms with Crippen molar-refractivity contribution >= 4 is 16.8 Å². The van der Waals surface area contributed by atoms with Gasteiger partial charge in [-0.15, -0.1) is 0 Å². The first-order valence-electron chi connectivity index (χ1n) is 8.87. The van der Waals surface area contributed by atoms with Gasteiger partial charge in [-0.3, -0.25) is 14.7 Å². The number of fused-ring (bicyclic) bond motifs is 1. The molecule has 1 aliphatic rings. The number of aromatic nitrogens is 1. The van der Waals surface area contributed by atoms with Crippen LogP contribution in [0, 0.1) is 5.92 Å². The van der Waals surface area contributed by atoms with Crippen molar-refractivity contribution in [3.8, 4) is 0 Å². The van der Waals surface area contributed by atoms with E-state index < -0.39 is 0 Å². The zero-order chi connectivity index (χ0) is 17.1. The van der Waals surface area contributed by atoms with E-state index in [4.69, 9.17) is 0 Å². The molecule has 1 unspecified atom stereocenters. The average molecular weight is 325 g/mol. The monoisotopic (exact) mass is 325 g/mol. The van der Waals surface area contributed by atoms with Gasteiger partial charge in [0.15, 0.2) is 0 Å². The van der Waals surface area contributed by atoms with Gasteiger partial charge in [-0.25, -0.2) is 0 Å². The fraction of sp³-hybridized carbons (Fsp3) is 0.500. The standard InChI is InChI=1S/C20H27N3O/c1-15(2)22-10-11-23(16(3)24)14-17(13-22)12-18-6-4-8-20-19(18)7-5-9-21-20/h4-9,15,17H,10-14H2,1-3H3. The number of nitrogens with zero attached hydrogens (tertiary/aromatic N) is 3. The van der Waals surface area contributed by atoms with Gasteiger partial charge in [0.1, 0.15) is 0 Å². The van der Waals surface area contributed by atoms with Crippen LogP contribution in [0.1, 0.15) is 26.3 Å². The molecule has 2 aromatic rings. The van der Waals surface area contributed by atoms with Crippen LogP contribution < -0.4 is 0 Å². The predicted molar refractivity (Wildman–Crippen MR) is 97.9 cm³/mol. The third kappa shape index (κ3) is 3.75. The van der Waals surface area contributed by atoms with Crippen molar-refractivity contribution in [2.45, 2.75) is 33.2 Å². The van der Waals surface area contributed by atoms with Gasteiger partial charge >= 0.3 is 0 Å². The maximum atomic E-state index is 11.9. The molecule has 0 radical (unpaired) electrons. The minimum Gasteiger partial charge on any atom is -0.341 e. The third-order valence-electron chi connectivity index (χ3n) is 5.05. The van der Waals surface area contributed by atoms with Crippen LogP contribution in [0.25, 0.3) is 10.9 Å². The second kappa shape index (κ2) is 7.31. The second-order valence-corrected chi connectivity index (χ2v) is 7.11. The SMILES string of the molecule is CC(=O)N1CCN(C(C)C)CC(Cc2cccc3ncccc23)C1. The number of hydrogen-bond donors (Lipinski definition) is 0. The van der Waals surface area contributed by atoms with Gasteiger partial charge in [-0.05, 0) is 43.9 Å². The lowest BCUT2D eigenvalue weighted by Crippen LogP contribution is -2.36. The summed E-state index contributed by atoms with van der Waals surface area (Å²) in [5, 5.41) is 1.23. The molecule has 3 rings (SSSR count). The second-order valence-electron chi connectivity index (χ2n) is 7.11. The summed E-state index contributed by atoms with van der Waals surface area (Å²) in [4.78, 5) is 20.9. The van der Waals surface area contributed by atoms with Gasteiger partial charge in [0, 0.05) is 50.7 Å². The number of carbonyl (C=O) groups is 1. The molecule has 1 amide bonds. The van der Waals surface area contributed by atoms with Gasteiger partial charge in [0.25, 0.3) is 0 Å². The molecule has 0 N–H and O–H groups in total. The van der Waals surface area contributed by atoms with Crippen molar-refractivity contribution in [2.24, 2.45) is 5.92 Å². The molecule has 4 heteroatoms. The summed E-state index contributed by atoms with van der Waals surface area (Å²) < 4.78 is 0. The van der Waals surface area contributed by atoms with E-state index >= 15 is 0 Å². The van der Waals surface area contributed by atoms with E-state index in [0.29, 0.717) is 12.0 Å². The normalized spacial score (nSPS) is 19.7. The molecule has 1 aromatic carbocycles. The average Bonchev–Trinajstić information content (AvgIpc) is 2.78. The van der Waals surface area contributed by atoms with E-state index in [1.165, 1.54) is 10.9 Å². The molecule has 2 heterocycles. The Morgan fingerprint density at radius 2 is 2.04 bits per heavy atom. The van der Waals surface area contributed by atoms with Crippen LogP contribution in [-0.2, 0) is 11.2 Å². The van der Waals surface area contributed by atoms with E-state index in [1.807, 2.05) is 17.2 Å². The Hall–Kier alpha value is -1.94. The zero-order valence-electron chi connectivity index (χ0n) is 14.9. The number of amides is 1. The molecule has 0 aliphatic carbocycles. The maximum Gasteiger partial charge on any atom is 0.219 e. The molecule has 4 nitrogen and oxygen atoms in total. The summed E-state index contributed by atoms with van der Waals surface area (Å²) >= 11 is 0. The summed E-state index contributed by atoms with van der Waals surface area (Å²) in [7, 11) is 0. The number of rotatable bonds is 3. The number of carbonyl (C=O) groups excluding carboxylic acids is 1. The number of hydrogen-bond acceptors (Lipinski definition) is 3. The Kier molecular flexibility index (Phi) is 5.14. The lowest BCUT2D eigenvalue weighted by atomic mass is 9.95. The van der Waals surface area contributed by atoms with Crippen molar-refractivity contribution < 1.29 is 4.79 Å². The Balaban J connectivity index is 1.86. The molecular formula is C20H27N3O. The van der Waals surface area contributed by atoms with Crippen LogP contribution in [0.3, 0.4) is 0 Å². The molecule has 1 aromatic heterocycles. The zero-order valence-corrected chi connectivity index (χ0v) is 14.9. The van der Waals surface area contributed by atoms with E-state index in [1.54, 1.807) is 6.92 Å². The highest BCUT2D eigenvalue weighted by molar-refractivity contribution is 5.82. The molecule has 1 saturated heterocycles. The lowest BCUT2D eigenvalue weighted by Gasteiger charge is -2.27. The molecule has 128 valence electrons. The van der Waals surface area contributed by atoms with Gasteiger partial charge < -0.3 is 4.90 Å². The van der Waals surface area contributed by atoms with Crippen LogP contribution in [0.4, 0.5) is 0 Å². The van der Waals surface area contributed by atoms with Gasteiger partial charge in [0.2, 0.25) is 5.91 Å². The summed E-state index contributed by atoms with van der Waals surface area (Å²) in [5.74, 6) is 0.634. The van der Waals surface area contributed by atoms with Crippen LogP contribution in [-0.4, -0.2) is 52.9 Å². The van der Waals surface area contributed by atoms with Crippen LogP contribution in [0.2, 0.25) is 0 Å². The molecule has 1 fully saturated rings. The number of pyridine rings is 1. The third-order valence-corrected chi connectivity index (χ3v) is 5.05. The minimum atomic E-state index is 0.185. The van der Waals surface area contributed by atoms with E-state index in [-0.39, 0.29) is 5.91 Å². The van der Waals surface area contributed by atoms with Crippen LogP contribution in [0.15, 0.2) is 36.5 Å². The summed E-state index contributed by atoms with van der Waals surface area (Å²) in [6.07, 6.45) is 2.83. The van der Waals surface area contributed by atoms with E-state index in [0.717, 1.165) is 38.1 Å². The molecule has 24 heavy (non-hydrogen) atoms. The quantitative estimate of drug-likeness (QED) is 0.870. The van der Waals surface area contributed by atoms with Crippen molar-refractivity contribution in [3.63, 3.8) is 0 Å². The Morgan fingerprint density at radius 3 is 2.79 bits per heavy atom. The molecule has 0 saturated carbocycles. The maximum absolute atomic E-state index is 11.9. The highest BCUT2D eigenvalue weighted by atomic mass is 16.2. The molecule has 1 atom stereocenters. The fourth-order valence-corrected chi connectivity index (χ4v) is 3.67. The first-order chi connectivity index (χ1) is 11.5. The van der Waals surface area contributed by atoms with Gasteiger partial charge in [-0.2, -0.15) is 0 Å². The Morgan fingerprint density at radius 1 is 1.21 bits per heavy atom. The molecule has 0 bridgehead atoms. The molecule has 1 aliphatic heterocycles. The first-order valence-corrected chi connectivity index (χ1v) is 8.87. The summed E-state index contributed by atoms with van der Waals surface area (Å²) in [6, 6.07) is 11.0. The van der Waals surface area contributed by atoms with Gasteiger partial charge in [-0.1, -0.05) is 18.2 Å². The van der Waals surface area contributed by atoms with Gasteiger partial charge in [0.05, 0.1) is 5.52 Å². The highest BCUT2D eigenvalue weighted by Crippen LogP contribution is 2.22. The smallest absolute Gasteiger partial charge is 0.219 e. The number of benzene rings is 1. The topological polar surface area (TPSA) is 36.4 Å². The van der Waals surface area contributed by atoms with Crippen molar-refractivity contribution in [1.29, 1.82) is 0 Å². The molecular weight excluding hydrogens is 298 g/mol. The van der Waals surface area contributed by atoms with Crippen molar-refractivity contribution in [3.05, 3.63) is 42.1 Å². The summed E-state index contributed by atoms with van der Waals surface area (Å²) in [6.45, 7) is 9.84. The predicted octanol–water partition coefficient (Wildman–Crippen LogP) is 2.97. The molecule has 0 spiro atoms. The largest absolute Gasteiger partial charge is 0.341 e. The van der Waals surface area contributed by atoms with Crippen LogP contribution in [0.5, 0.6) is 0 Å². The van der Waals surface area contributed by atoms with E-state index in [9.17, 15) is 4.79 Å². The Bertz CT molecular complexity index is 708. The van der Waals surface area contributed by atoms with Crippen molar-refractivity contribution in [1.82, 2.24) is 14.8 Å². The fourth-order valence-electron chi connectivity index (χ4n) is 3.67. The van der Waals surface area contributed by atoms with Crippen LogP contribution >= 0.6 is 0 Å². The van der Waals surface area contributed by atoms with Crippen molar-refractivity contribution in [2.75, 3.05) is 26.2 Å². The minimum absolute atomic E-state index is 0.185. The van der Waals surface area contributed by atoms with E-state index in [2.05, 4.69) is 48.0 Å². The highest BCUT2D eigenvalue weighted by Gasteiger charge is 2.26.